The zero-order valence-electron chi connectivity index (χ0n) is 16.5. The van der Waals surface area contributed by atoms with Gasteiger partial charge in [0.15, 0.2) is 0 Å². The van der Waals surface area contributed by atoms with Crippen LogP contribution in [0.25, 0.3) is 0 Å². The van der Waals surface area contributed by atoms with Gasteiger partial charge in [-0.3, -0.25) is 9.59 Å². The molecule has 3 atom stereocenters. The first-order chi connectivity index (χ1) is 12.2. The molecular formula is C21H30N2O3. The fraction of sp³-hybridized carbons (Fsp3) is 0.619. The van der Waals surface area contributed by atoms with Crippen molar-refractivity contribution in [3.05, 3.63) is 29.8 Å². The molecule has 1 unspecified atom stereocenters. The first-order valence-corrected chi connectivity index (χ1v) is 9.36. The van der Waals surface area contributed by atoms with Crippen molar-refractivity contribution in [1.82, 2.24) is 10.2 Å². The summed E-state index contributed by atoms with van der Waals surface area (Å²) in [4.78, 5) is 26.6. The molecule has 1 aromatic carbocycles. The molecule has 26 heavy (non-hydrogen) atoms. The standard InChI is InChI=1S/C21H30N2O3/c1-14(24)22-12-21(4)11-20(2,3)23(13-21)19(25)17-10-16(17)15-8-6-7-9-18(15)26-5/h6-9,16-17H,10-13H2,1-5H3,(H,22,24)/t16-,17+,21?/m0/s1. The van der Waals surface area contributed by atoms with E-state index in [-0.39, 0.29) is 34.6 Å². The second-order valence-electron chi connectivity index (χ2n) is 8.82. The Labute approximate surface area is 156 Å². The van der Waals surface area contributed by atoms with Gasteiger partial charge in [0.1, 0.15) is 5.75 Å². The molecule has 0 radical (unpaired) electrons. The lowest BCUT2D eigenvalue weighted by molar-refractivity contribution is -0.136. The summed E-state index contributed by atoms with van der Waals surface area (Å²) < 4.78 is 5.46. The first kappa shape index (κ1) is 18.7. The van der Waals surface area contributed by atoms with Gasteiger partial charge in [-0.2, -0.15) is 0 Å². The van der Waals surface area contributed by atoms with E-state index in [9.17, 15) is 9.59 Å². The van der Waals surface area contributed by atoms with Crippen molar-refractivity contribution in [2.75, 3.05) is 20.2 Å². The fourth-order valence-electron chi connectivity index (χ4n) is 4.61. The van der Waals surface area contributed by atoms with Crippen LogP contribution in [0.1, 0.15) is 52.0 Å². The fourth-order valence-corrected chi connectivity index (χ4v) is 4.61. The van der Waals surface area contributed by atoms with Crippen molar-refractivity contribution >= 4 is 11.8 Å². The number of carbonyl (C=O) groups is 2. The molecule has 2 aliphatic rings. The van der Waals surface area contributed by atoms with E-state index >= 15 is 0 Å². The lowest BCUT2D eigenvalue weighted by Crippen LogP contribution is -2.44. The lowest BCUT2D eigenvalue weighted by Gasteiger charge is -2.31. The molecule has 1 N–H and O–H groups in total. The van der Waals surface area contributed by atoms with Crippen molar-refractivity contribution in [3.63, 3.8) is 0 Å². The van der Waals surface area contributed by atoms with Crippen LogP contribution in [0, 0.1) is 11.3 Å². The average molecular weight is 358 g/mol. The summed E-state index contributed by atoms with van der Waals surface area (Å²) in [7, 11) is 1.68. The van der Waals surface area contributed by atoms with Gasteiger partial charge in [0.05, 0.1) is 7.11 Å². The number of para-hydroxylation sites is 1. The monoisotopic (exact) mass is 358 g/mol. The van der Waals surface area contributed by atoms with Gasteiger partial charge in [0.2, 0.25) is 11.8 Å². The molecular weight excluding hydrogens is 328 g/mol. The third-order valence-electron chi connectivity index (χ3n) is 5.81. The first-order valence-electron chi connectivity index (χ1n) is 9.36. The van der Waals surface area contributed by atoms with Crippen LogP contribution in [0.2, 0.25) is 0 Å². The Hall–Kier alpha value is -2.04. The average Bonchev–Trinajstić information content (AvgIpc) is 3.33. The molecule has 5 nitrogen and oxygen atoms in total. The molecule has 1 aliphatic carbocycles. The second kappa shape index (κ2) is 6.60. The highest BCUT2D eigenvalue weighted by molar-refractivity contribution is 5.84. The number of nitrogens with one attached hydrogen (secondary N) is 1. The van der Waals surface area contributed by atoms with Crippen molar-refractivity contribution in [2.24, 2.45) is 11.3 Å². The third-order valence-corrected chi connectivity index (χ3v) is 5.81. The SMILES string of the molecule is COc1ccccc1[C@@H]1C[C@H]1C(=O)N1CC(C)(CNC(C)=O)CC1(C)C. The van der Waals surface area contributed by atoms with Crippen molar-refractivity contribution in [2.45, 2.75) is 52.0 Å². The molecule has 2 amide bonds. The lowest BCUT2D eigenvalue weighted by atomic mass is 9.84. The number of amides is 2. The maximum Gasteiger partial charge on any atom is 0.226 e. The maximum atomic E-state index is 13.2. The van der Waals surface area contributed by atoms with Crippen LogP contribution in [-0.2, 0) is 9.59 Å². The van der Waals surface area contributed by atoms with Gasteiger partial charge in [-0.1, -0.05) is 25.1 Å². The highest BCUT2D eigenvalue weighted by Gasteiger charge is 2.54. The van der Waals surface area contributed by atoms with Gasteiger partial charge in [-0.15, -0.1) is 0 Å². The number of nitrogens with zero attached hydrogens (tertiary/aromatic N) is 1. The van der Waals surface area contributed by atoms with E-state index < -0.39 is 0 Å². The Morgan fingerprint density at radius 3 is 2.62 bits per heavy atom. The van der Waals surface area contributed by atoms with Crippen LogP contribution in [-0.4, -0.2) is 42.5 Å². The number of hydrogen-bond donors (Lipinski definition) is 1. The molecule has 1 saturated heterocycles. The summed E-state index contributed by atoms with van der Waals surface area (Å²) >= 11 is 0. The predicted octanol–water partition coefficient (Wildman–Crippen LogP) is 2.95. The van der Waals surface area contributed by atoms with E-state index in [1.54, 1.807) is 7.11 Å². The van der Waals surface area contributed by atoms with E-state index in [1.165, 1.54) is 6.92 Å². The minimum Gasteiger partial charge on any atom is -0.496 e. The van der Waals surface area contributed by atoms with E-state index in [0.717, 1.165) is 24.2 Å². The molecule has 1 saturated carbocycles. The summed E-state index contributed by atoms with van der Waals surface area (Å²) in [5.41, 5.74) is 0.851. The summed E-state index contributed by atoms with van der Waals surface area (Å²) in [6.45, 7) is 9.25. The van der Waals surface area contributed by atoms with E-state index in [2.05, 4.69) is 32.2 Å². The Morgan fingerprint density at radius 2 is 1.96 bits per heavy atom. The Balaban J connectivity index is 1.71. The van der Waals surface area contributed by atoms with Crippen LogP contribution >= 0.6 is 0 Å². The summed E-state index contributed by atoms with van der Waals surface area (Å²) in [6, 6.07) is 7.98. The summed E-state index contributed by atoms with van der Waals surface area (Å²) in [6.07, 6.45) is 1.77. The Kier molecular flexibility index (Phi) is 4.76. The minimum absolute atomic E-state index is 0.0211. The zero-order chi connectivity index (χ0) is 19.1. The van der Waals surface area contributed by atoms with Gasteiger partial charge in [-0.25, -0.2) is 0 Å². The molecule has 3 rings (SSSR count). The van der Waals surface area contributed by atoms with Crippen LogP contribution in [0.4, 0.5) is 0 Å². The molecule has 142 valence electrons. The molecule has 0 aromatic heterocycles. The van der Waals surface area contributed by atoms with Crippen molar-refractivity contribution < 1.29 is 14.3 Å². The summed E-state index contributed by atoms with van der Waals surface area (Å²) in [5, 5.41) is 2.93. The maximum absolute atomic E-state index is 13.2. The number of likely N-dealkylation sites (tertiary alicyclic amines) is 1. The summed E-state index contributed by atoms with van der Waals surface area (Å²) in [5.74, 6) is 1.36. The number of ether oxygens (including phenoxy) is 1. The number of rotatable bonds is 5. The number of benzene rings is 1. The van der Waals surface area contributed by atoms with E-state index in [4.69, 9.17) is 4.74 Å². The Morgan fingerprint density at radius 1 is 1.27 bits per heavy atom. The molecule has 1 aliphatic heterocycles. The smallest absolute Gasteiger partial charge is 0.226 e. The highest BCUT2D eigenvalue weighted by Crippen LogP contribution is 2.53. The highest BCUT2D eigenvalue weighted by atomic mass is 16.5. The molecule has 5 heteroatoms. The van der Waals surface area contributed by atoms with Crippen LogP contribution in [0.15, 0.2) is 24.3 Å². The largest absolute Gasteiger partial charge is 0.496 e. The van der Waals surface area contributed by atoms with Gasteiger partial charge in [-0.05, 0) is 44.2 Å². The van der Waals surface area contributed by atoms with Gasteiger partial charge < -0.3 is 15.0 Å². The topological polar surface area (TPSA) is 58.6 Å². The van der Waals surface area contributed by atoms with E-state index in [0.29, 0.717) is 13.1 Å². The van der Waals surface area contributed by atoms with Gasteiger partial charge >= 0.3 is 0 Å². The minimum atomic E-state index is -0.196. The van der Waals surface area contributed by atoms with Crippen LogP contribution in [0.5, 0.6) is 5.75 Å². The van der Waals surface area contributed by atoms with Crippen molar-refractivity contribution in [3.8, 4) is 5.75 Å². The second-order valence-corrected chi connectivity index (χ2v) is 8.82. The molecule has 0 spiro atoms. The number of hydrogen-bond acceptors (Lipinski definition) is 3. The predicted molar refractivity (Wildman–Crippen MR) is 101 cm³/mol. The normalized spacial score (nSPS) is 29.3. The van der Waals surface area contributed by atoms with Crippen molar-refractivity contribution in [1.29, 1.82) is 0 Å². The molecule has 2 fully saturated rings. The van der Waals surface area contributed by atoms with Gasteiger partial charge in [0, 0.05) is 36.9 Å². The van der Waals surface area contributed by atoms with Crippen LogP contribution in [0.3, 0.4) is 0 Å². The third kappa shape index (κ3) is 3.57. The van der Waals surface area contributed by atoms with E-state index in [1.807, 2.05) is 23.1 Å². The number of methoxy groups -OCH3 is 1. The van der Waals surface area contributed by atoms with Gasteiger partial charge in [0.25, 0.3) is 0 Å². The quantitative estimate of drug-likeness (QED) is 0.880. The molecule has 1 heterocycles. The molecule has 1 aromatic rings. The van der Waals surface area contributed by atoms with Crippen LogP contribution < -0.4 is 10.1 Å². The molecule has 0 bridgehead atoms. The number of carbonyl (C=O) groups excluding carboxylic acids is 2. The zero-order valence-corrected chi connectivity index (χ0v) is 16.5. The Bertz CT molecular complexity index is 715.